The Bertz CT molecular complexity index is 1140. The summed E-state index contributed by atoms with van der Waals surface area (Å²) in [5, 5.41) is 11.5. The SMILES string of the molecule is COc1cccc(F)c1CNc1ccc(-c2cnc(N(C)C)nc2)c2nncn12. The van der Waals surface area contributed by atoms with Gasteiger partial charge in [-0.05, 0) is 24.3 Å². The van der Waals surface area contributed by atoms with E-state index in [1.54, 1.807) is 30.9 Å². The van der Waals surface area contributed by atoms with Crippen LogP contribution >= 0.6 is 0 Å². The molecule has 29 heavy (non-hydrogen) atoms. The molecule has 148 valence electrons. The van der Waals surface area contributed by atoms with Crippen molar-refractivity contribution in [2.24, 2.45) is 0 Å². The van der Waals surface area contributed by atoms with Crippen molar-refractivity contribution in [2.45, 2.75) is 6.54 Å². The summed E-state index contributed by atoms with van der Waals surface area (Å²) in [7, 11) is 5.29. The number of aromatic nitrogens is 5. The van der Waals surface area contributed by atoms with Gasteiger partial charge in [-0.1, -0.05) is 6.07 Å². The molecule has 3 heterocycles. The minimum Gasteiger partial charge on any atom is -0.496 e. The van der Waals surface area contributed by atoms with Crippen molar-refractivity contribution in [1.82, 2.24) is 24.6 Å². The standard InChI is InChI=1S/C20H20FN7O/c1-27(2)20-23-9-13(10-24-20)14-7-8-18(28-12-25-26-19(14)28)22-11-15-16(21)5-4-6-17(15)29-3/h4-10,12,22H,11H2,1-3H3. The summed E-state index contributed by atoms with van der Waals surface area (Å²) < 4.78 is 21.3. The predicted molar refractivity (Wildman–Crippen MR) is 109 cm³/mol. The first-order valence-corrected chi connectivity index (χ1v) is 8.96. The van der Waals surface area contributed by atoms with Crippen molar-refractivity contribution in [3.63, 3.8) is 0 Å². The number of benzene rings is 1. The Labute approximate surface area is 167 Å². The van der Waals surface area contributed by atoms with E-state index in [1.165, 1.54) is 13.2 Å². The molecule has 0 saturated heterocycles. The van der Waals surface area contributed by atoms with Crippen LogP contribution < -0.4 is 15.0 Å². The molecule has 0 saturated carbocycles. The van der Waals surface area contributed by atoms with Gasteiger partial charge in [-0.25, -0.2) is 14.4 Å². The second-order valence-electron chi connectivity index (χ2n) is 6.60. The smallest absolute Gasteiger partial charge is 0.224 e. The lowest BCUT2D eigenvalue weighted by atomic mass is 10.1. The Morgan fingerprint density at radius 2 is 1.93 bits per heavy atom. The topological polar surface area (TPSA) is 80.5 Å². The van der Waals surface area contributed by atoms with Crippen molar-refractivity contribution in [2.75, 3.05) is 31.4 Å². The van der Waals surface area contributed by atoms with Crippen molar-refractivity contribution in [3.8, 4) is 16.9 Å². The predicted octanol–water partition coefficient (Wildman–Crippen LogP) is 3.01. The molecule has 0 radical (unpaired) electrons. The van der Waals surface area contributed by atoms with Gasteiger partial charge in [0, 0.05) is 49.7 Å². The number of halogens is 1. The van der Waals surface area contributed by atoms with Crippen LogP contribution in [0.5, 0.6) is 5.75 Å². The molecule has 4 aromatic rings. The summed E-state index contributed by atoms with van der Waals surface area (Å²) in [5.74, 6) is 1.52. The molecule has 0 atom stereocenters. The number of pyridine rings is 1. The Kier molecular flexibility index (Phi) is 4.94. The molecule has 0 aliphatic carbocycles. The van der Waals surface area contributed by atoms with Gasteiger partial charge in [0.25, 0.3) is 0 Å². The van der Waals surface area contributed by atoms with Crippen LogP contribution in [0.4, 0.5) is 16.2 Å². The number of hydrogen-bond acceptors (Lipinski definition) is 7. The second-order valence-corrected chi connectivity index (χ2v) is 6.60. The number of nitrogens with zero attached hydrogens (tertiary/aromatic N) is 6. The van der Waals surface area contributed by atoms with E-state index in [0.29, 0.717) is 22.9 Å². The van der Waals surface area contributed by atoms with E-state index in [1.807, 2.05) is 35.5 Å². The monoisotopic (exact) mass is 393 g/mol. The molecule has 0 bridgehead atoms. The average Bonchev–Trinajstić information content (AvgIpc) is 3.23. The maximum Gasteiger partial charge on any atom is 0.224 e. The van der Waals surface area contributed by atoms with Crippen molar-refractivity contribution >= 4 is 17.4 Å². The van der Waals surface area contributed by atoms with Crippen molar-refractivity contribution in [1.29, 1.82) is 0 Å². The van der Waals surface area contributed by atoms with Crippen LogP contribution in [0.25, 0.3) is 16.8 Å². The molecule has 0 amide bonds. The number of ether oxygens (including phenoxy) is 1. The number of fused-ring (bicyclic) bond motifs is 1. The highest BCUT2D eigenvalue weighted by Crippen LogP contribution is 2.27. The maximum atomic E-state index is 14.2. The summed E-state index contributed by atoms with van der Waals surface area (Å²) in [5.41, 5.74) is 2.78. The highest BCUT2D eigenvalue weighted by atomic mass is 19.1. The van der Waals surface area contributed by atoms with E-state index in [-0.39, 0.29) is 12.4 Å². The molecular weight excluding hydrogens is 373 g/mol. The van der Waals surface area contributed by atoms with Crippen LogP contribution in [0, 0.1) is 5.82 Å². The number of anilines is 2. The molecule has 1 aromatic carbocycles. The van der Waals surface area contributed by atoms with Gasteiger partial charge in [-0.15, -0.1) is 10.2 Å². The molecule has 1 N–H and O–H groups in total. The third-order valence-corrected chi connectivity index (χ3v) is 4.55. The Morgan fingerprint density at radius 1 is 1.14 bits per heavy atom. The Morgan fingerprint density at radius 3 is 2.66 bits per heavy atom. The first-order chi connectivity index (χ1) is 14.1. The molecule has 0 unspecified atom stereocenters. The third kappa shape index (κ3) is 3.54. The Balaban J connectivity index is 1.65. The van der Waals surface area contributed by atoms with Gasteiger partial charge < -0.3 is 15.0 Å². The quantitative estimate of drug-likeness (QED) is 0.539. The lowest BCUT2D eigenvalue weighted by Crippen LogP contribution is -2.12. The summed E-state index contributed by atoms with van der Waals surface area (Å²) in [6.07, 6.45) is 5.11. The average molecular weight is 393 g/mol. The molecule has 0 aliphatic rings. The fourth-order valence-electron chi connectivity index (χ4n) is 3.05. The van der Waals surface area contributed by atoms with Gasteiger partial charge in [0.15, 0.2) is 5.65 Å². The first kappa shape index (κ1) is 18.6. The van der Waals surface area contributed by atoms with Crippen LogP contribution in [0.15, 0.2) is 49.1 Å². The zero-order chi connectivity index (χ0) is 20.4. The summed E-state index contributed by atoms with van der Waals surface area (Å²) in [6, 6.07) is 8.56. The van der Waals surface area contributed by atoms with E-state index < -0.39 is 0 Å². The molecule has 0 fully saturated rings. The lowest BCUT2D eigenvalue weighted by molar-refractivity contribution is 0.405. The van der Waals surface area contributed by atoms with E-state index in [0.717, 1.165) is 16.9 Å². The van der Waals surface area contributed by atoms with Crippen LogP contribution in [0.1, 0.15) is 5.56 Å². The number of hydrogen-bond donors (Lipinski definition) is 1. The highest BCUT2D eigenvalue weighted by Gasteiger charge is 2.13. The lowest BCUT2D eigenvalue weighted by Gasteiger charge is -2.14. The molecule has 9 heteroatoms. The number of methoxy groups -OCH3 is 1. The van der Waals surface area contributed by atoms with Gasteiger partial charge in [0.2, 0.25) is 5.95 Å². The van der Waals surface area contributed by atoms with E-state index in [9.17, 15) is 4.39 Å². The fourth-order valence-corrected chi connectivity index (χ4v) is 3.05. The minimum absolute atomic E-state index is 0.253. The van der Waals surface area contributed by atoms with Gasteiger partial charge in [-0.3, -0.25) is 4.40 Å². The number of nitrogens with one attached hydrogen (secondary N) is 1. The van der Waals surface area contributed by atoms with E-state index in [2.05, 4.69) is 25.5 Å². The summed E-state index contributed by atoms with van der Waals surface area (Å²) in [4.78, 5) is 10.6. The van der Waals surface area contributed by atoms with Crippen molar-refractivity contribution in [3.05, 3.63) is 60.4 Å². The zero-order valence-corrected chi connectivity index (χ0v) is 16.3. The molecule has 3 aromatic heterocycles. The molecular formula is C20H20FN7O. The van der Waals surface area contributed by atoms with Gasteiger partial charge in [0.05, 0.1) is 7.11 Å². The normalized spacial score (nSPS) is 10.9. The summed E-state index contributed by atoms with van der Waals surface area (Å²) in [6.45, 7) is 0.253. The molecule has 8 nitrogen and oxygen atoms in total. The van der Waals surface area contributed by atoms with Gasteiger partial charge >= 0.3 is 0 Å². The summed E-state index contributed by atoms with van der Waals surface area (Å²) >= 11 is 0. The zero-order valence-electron chi connectivity index (χ0n) is 16.3. The minimum atomic E-state index is -0.327. The first-order valence-electron chi connectivity index (χ1n) is 8.96. The van der Waals surface area contributed by atoms with Crippen LogP contribution in [-0.2, 0) is 6.54 Å². The van der Waals surface area contributed by atoms with Gasteiger partial charge in [0.1, 0.15) is 23.7 Å². The largest absolute Gasteiger partial charge is 0.496 e. The van der Waals surface area contributed by atoms with E-state index in [4.69, 9.17) is 4.74 Å². The van der Waals surface area contributed by atoms with Crippen LogP contribution in [0.3, 0.4) is 0 Å². The molecule has 0 aliphatic heterocycles. The molecule has 4 rings (SSSR count). The van der Waals surface area contributed by atoms with Crippen LogP contribution in [0.2, 0.25) is 0 Å². The van der Waals surface area contributed by atoms with Crippen molar-refractivity contribution < 1.29 is 9.13 Å². The maximum absolute atomic E-state index is 14.2. The highest BCUT2D eigenvalue weighted by molar-refractivity contribution is 5.78. The van der Waals surface area contributed by atoms with E-state index >= 15 is 0 Å². The Hall–Kier alpha value is -3.75. The number of rotatable bonds is 6. The third-order valence-electron chi connectivity index (χ3n) is 4.55. The fraction of sp³-hybridized carbons (Fsp3) is 0.200. The van der Waals surface area contributed by atoms with Gasteiger partial charge in [-0.2, -0.15) is 0 Å². The molecule has 0 spiro atoms. The second kappa shape index (κ2) is 7.70. The van der Waals surface area contributed by atoms with Crippen LogP contribution in [-0.4, -0.2) is 45.8 Å².